The topological polar surface area (TPSA) is 79.6 Å². The fraction of sp³-hybridized carbons (Fsp3) is 0.115. The third kappa shape index (κ3) is 4.76. The number of hydrogen-bond donors (Lipinski definition) is 0. The summed E-state index contributed by atoms with van der Waals surface area (Å²) in [7, 11) is 1.53. The molecule has 0 aromatic heterocycles. The van der Waals surface area contributed by atoms with Gasteiger partial charge in [0.25, 0.3) is 11.1 Å². The first-order valence-electron chi connectivity index (χ1n) is 10.1. The zero-order chi connectivity index (χ0) is 23.4. The largest absolute Gasteiger partial charge is 0.493 e. The number of aryl methyl sites for hydroxylation is 1. The second kappa shape index (κ2) is 9.63. The standard InChI is InChI=1S/C26H20N2O4S/c1-17-7-10-21(11-8-17)28-25(29)24(33-26(28)30)14-18-9-12-22(23(13-18)31-2)32-16-20-6-4-3-5-19(20)15-27/h3-14H,16H2,1-2H3/b24-14+. The number of amides is 2. The van der Waals surface area contributed by atoms with E-state index in [2.05, 4.69) is 6.07 Å². The van der Waals surface area contributed by atoms with Crippen molar-refractivity contribution in [2.24, 2.45) is 0 Å². The van der Waals surface area contributed by atoms with Crippen LogP contribution in [0.4, 0.5) is 10.5 Å². The minimum absolute atomic E-state index is 0.217. The van der Waals surface area contributed by atoms with Crippen LogP contribution in [0.15, 0.2) is 71.6 Å². The van der Waals surface area contributed by atoms with Crippen LogP contribution >= 0.6 is 11.8 Å². The Morgan fingerprint density at radius 2 is 1.79 bits per heavy atom. The summed E-state index contributed by atoms with van der Waals surface area (Å²) in [5.74, 6) is 0.632. The number of carbonyl (C=O) groups excluding carboxylic acids is 2. The van der Waals surface area contributed by atoms with Crippen molar-refractivity contribution in [1.29, 1.82) is 5.26 Å². The van der Waals surface area contributed by atoms with E-state index < -0.39 is 0 Å². The molecule has 0 radical (unpaired) electrons. The lowest BCUT2D eigenvalue weighted by Crippen LogP contribution is -2.27. The van der Waals surface area contributed by atoms with Gasteiger partial charge >= 0.3 is 0 Å². The molecule has 0 atom stereocenters. The maximum Gasteiger partial charge on any atom is 0.298 e. The van der Waals surface area contributed by atoms with Crippen molar-refractivity contribution in [3.63, 3.8) is 0 Å². The number of nitriles is 1. The molecule has 1 fully saturated rings. The van der Waals surface area contributed by atoms with Crippen LogP contribution in [0.3, 0.4) is 0 Å². The van der Waals surface area contributed by atoms with E-state index in [0.29, 0.717) is 33.2 Å². The average Bonchev–Trinajstić information content (AvgIpc) is 3.11. The van der Waals surface area contributed by atoms with Crippen LogP contribution < -0.4 is 14.4 Å². The van der Waals surface area contributed by atoms with E-state index >= 15 is 0 Å². The van der Waals surface area contributed by atoms with Crippen molar-refractivity contribution < 1.29 is 19.1 Å². The highest BCUT2D eigenvalue weighted by atomic mass is 32.2. The van der Waals surface area contributed by atoms with Crippen LogP contribution in [0, 0.1) is 18.3 Å². The van der Waals surface area contributed by atoms with Gasteiger partial charge in [0, 0.05) is 5.56 Å². The zero-order valence-corrected chi connectivity index (χ0v) is 18.9. The van der Waals surface area contributed by atoms with Crippen molar-refractivity contribution in [3.8, 4) is 17.6 Å². The van der Waals surface area contributed by atoms with E-state index in [4.69, 9.17) is 9.47 Å². The Kier molecular flexibility index (Phi) is 6.48. The SMILES string of the molecule is COc1cc(/C=C2/SC(=O)N(c3ccc(C)cc3)C2=O)ccc1OCc1ccccc1C#N. The molecule has 164 valence electrons. The molecule has 1 heterocycles. The predicted molar refractivity (Wildman–Crippen MR) is 128 cm³/mol. The van der Waals surface area contributed by atoms with Crippen LogP contribution in [-0.2, 0) is 11.4 Å². The molecule has 4 rings (SSSR count). The van der Waals surface area contributed by atoms with Crippen molar-refractivity contribution in [3.05, 3.63) is 93.9 Å². The number of thioether (sulfide) groups is 1. The molecule has 0 N–H and O–H groups in total. The van der Waals surface area contributed by atoms with E-state index in [1.54, 1.807) is 48.5 Å². The summed E-state index contributed by atoms with van der Waals surface area (Å²) in [6.07, 6.45) is 1.66. The number of carbonyl (C=O) groups is 2. The minimum atomic E-state index is -0.360. The van der Waals surface area contributed by atoms with Gasteiger partial charge in [-0.3, -0.25) is 9.59 Å². The van der Waals surface area contributed by atoms with Gasteiger partial charge in [-0.1, -0.05) is 42.0 Å². The fourth-order valence-electron chi connectivity index (χ4n) is 3.34. The summed E-state index contributed by atoms with van der Waals surface area (Å²) >= 11 is 0.901. The fourth-order valence-corrected chi connectivity index (χ4v) is 4.18. The lowest BCUT2D eigenvalue weighted by Gasteiger charge is -2.13. The molecule has 1 aliphatic heterocycles. The van der Waals surface area contributed by atoms with Gasteiger partial charge in [-0.05, 0) is 60.7 Å². The summed E-state index contributed by atoms with van der Waals surface area (Å²) in [4.78, 5) is 26.9. The highest BCUT2D eigenvalue weighted by Gasteiger charge is 2.36. The van der Waals surface area contributed by atoms with Crippen molar-refractivity contribution in [2.45, 2.75) is 13.5 Å². The Morgan fingerprint density at radius 3 is 2.52 bits per heavy atom. The average molecular weight is 457 g/mol. The Bertz CT molecular complexity index is 1290. The first-order valence-corrected chi connectivity index (χ1v) is 11.0. The number of methoxy groups -OCH3 is 1. The molecule has 3 aromatic rings. The van der Waals surface area contributed by atoms with E-state index in [-0.39, 0.29) is 17.8 Å². The Morgan fingerprint density at radius 1 is 1.03 bits per heavy atom. The molecule has 1 aliphatic rings. The van der Waals surface area contributed by atoms with Crippen molar-refractivity contribution >= 4 is 34.7 Å². The summed E-state index contributed by atoms with van der Waals surface area (Å²) in [6.45, 7) is 2.16. The lowest BCUT2D eigenvalue weighted by molar-refractivity contribution is -0.113. The molecule has 0 unspecified atom stereocenters. The van der Waals surface area contributed by atoms with Gasteiger partial charge in [-0.2, -0.15) is 5.26 Å². The third-order valence-corrected chi connectivity index (χ3v) is 5.96. The number of anilines is 1. The maximum atomic E-state index is 12.9. The molecule has 0 bridgehead atoms. The number of hydrogen-bond acceptors (Lipinski definition) is 6. The van der Waals surface area contributed by atoms with Crippen LogP contribution in [-0.4, -0.2) is 18.3 Å². The minimum Gasteiger partial charge on any atom is -0.493 e. The number of ether oxygens (including phenoxy) is 2. The van der Waals surface area contributed by atoms with Crippen LogP contribution in [0.5, 0.6) is 11.5 Å². The molecule has 1 saturated heterocycles. The van der Waals surface area contributed by atoms with Gasteiger partial charge in [-0.15, -0.1) is 0 Å². The number of rotatable bonds is 6. The van der Waals surface area contributed by atoms with Gasteiger partial charge in [0.05, 0.1) is 29.3 Å². The number of nitrogens with zero attached hydrogens (tertiary/aromatic N) is 2. The van der Waals surface area contributed by atoms with Crippen LogP contribution in [0.2, 0.25) is 0 Å². The highest BCUT2D eigenvalue weighted by Crippen LogP contribution is 2.37. The monoisotopic (exact) mass is 456 g/mol. The summed E-state index contributed by atoms with van der Waals surface area (Å²) in [5.41, 5.74) is 3.62. The molecule has 0 spiro atoms. The molecule has 3 aromatic carbocycles. The Labute approximate surface area is 196 Å². The summed E-state index contributed by atoms with van der Waals surface area (Å²) in [5, 5.41) is 8.90. The van der Waals surface area contributed by atoms with Crippen molar-refractivity contribution in [1.82, 2.24) is 0 Å². The second-order valence-corrected chi connectivity index (χ2v) is 8.31. The quantitative estimate of drug-likeness (QED) is 0.443. The zero-order valence-electron chi connectivity index (χ0n) is 18.1. The van der Waals surface area contributed by atoms with E-state index in [0.717, 1.165) is 22.9 Å². The number of imide groups is 1. The molecular formula is C26H20N2O4S. The lowest BCUT2D eigenvalue weighted by atomic mass is 10.1. The summed E-state index contributed by atoms with van der Waals surface area (Å²) < 4.78 is 11.3. The normalized spacial score (nSPS) is 14.5. The second-order valence-electron chi connectivity index (χ2n) is 7.32. The molecule has 2 amide bonds. The number of benzene rings is 3. The smallest absolute Gasteiger partial charge is 0.298 e. The van der Waals surface area contributed by atoms with Gasteiger partial charge in [0.2, 0.25) is 0 Å². The first-order chi connectivity index (χ1) is 16.0. The first kappa shape index (κ1) is 22.2. The van der Waals surface area contributed by atoms with E-state index in [1.165, 1.54) is 12.0 Å². The van der Waals surface area contributed by atoms with Gasteiger partial charge in [0.1, 0.15) is 6.61 Å². The predicted octanol–water partition coefficient (Wildman–Crippen LogP) is 5.70. The maximum absolute atomic E-state index is 12.9. The molecule has 7 heteroatoms. The summed E-state index contributed by atoms with van der Waals surface area (Å²) in [6, 6.07) is 21.9. The molecule has 0 aliphatic carbocycles. The van der Waals surface area contributed by atoms with E-state index in [1.807, 2.05) is 31.2 Å². The highest BCUT2D eigenvalue weighted by molar-refractivity contribution is 8.19. The molecule has 0 saturated carbocycles. The molecular weight excluding hydrogens is 436 g/mol. The van der Waals surface area contributed by atoms with Gasteiger partial charge in [0.15, 0.2) is 11.5 Å². The molecule has 33 heavy (non-hydrogen) atoms. The van der Waals surface area contributed by atoms with E-state index in [9.17, 15) is 14.9 Å². The van der Waals surface area contributed by atoms with Gasteiger partial charge in [-0.25, -0.2) is 4.90 Å². The van der Waals surface area contributed by atoms with Crippen molar-refractivity contribution in [2.75, 3.05) is 12.0 Å². The van der Waals surface area contributed by atoms with Gasteiger partial charge < -0.3 is 9.47 Å². The third-order valence-electron chi connectivity index (χ3n) is 5.09. The molecule has 6 nitrogen and oxygen atoms in total. The Hall–Kier alpha value is -4.02. The Balaban J connectivity index is 1.54. The van der Waals surface area contributed by atoms with Crippen LogP contribution in [0.25, 0.3) is 6.08 Å². The van der Waals surface area contributed by atoms with Crippen LogP contribution in [0.1, 0.15) is 22.3 Å².